The molecule has 9 nitrogen and oxygen atoms in total. The molecule has 1 aliphatic rings. The van der Waals surface area contributed by atoms with Gasteiger partial charge in [-0.2, -0.15) is 5.10 Å². The number of rotatable bonds is 6. The lowest BCUT2D eigenvalue weighted by molar-refractivity contribution is 0.0851. The zero-order valence-corrected chi connectivity index (χ0v) is 21.2. The van der Waals surface area contributed by atoms with E-state index in [1.165, 1.54) is 11.1 Å². The molecule has 6 aromatic heterocycles. The number of nitrogens with zero attached hydrogens (tertiary/aromatic N) is 5. The third-order valence-electron chi connectivity index (χ3n) is 7.11. The van der Waals surface area contributed by atoms with Crippen molar-refractivity contribution in [2.75, 3.05) is 5.32 Å². The molecule has 1 fully saturated rings. The Morgan fingerprint density at radius 3 is 2.79 bits per heavy atom. The Morgan fingerprint density at radius 1 is 1.11 bits per heavy atom. The molecule has 6 heterocycles. The summed E-state index contributed by atoms with van der Waals surface area (Å²) in [5, 5.41) is 20.9. The number of thiophene rings is 1. The summed E-state index contributed by atoms with van der Waals surface area (Å²) in [7, 11) is 0. The van der Waals surface area contributed by atoms with Gasteiger partial charge in [-0.05, 0) is 44.0 Å². The van der Waals surface area contributed by atoms with E-state index < -0.39 is 12.0 Å². The van der Waals surface area contributed by atoms with E-state index in [2.05, 4.69) is 59.5 Å². The van der Waals surface area contributed by atoms with Gasteiger partial charge in [0.05, 0.1) is 22.8 Å². The number of aromatic amines is 2. The highest BCUT2D eigenvalue weighted by Crippen LogP contribution is 2.36. The first-order valence-electron chi connectivity index (χ1n) is 12.4. The minimum absolute atomic E-state index is 0.225. The topological polar surface area (TPSA) is 128 Å². The maximum Gasteiger partial charge on any atom is 0.184 e. The zero-order valence-electron chi connectivity index (χ0n) is 20.4. The fourth-order valence-electron chi connectivity index (χ4n) is 4.85. The van der Waals surface area contributed by atoms with Gasteiger partial charge in [0.15, 0.2) is 17.1 Å². The van der Waals surface area contributed by atoms with Crippen molar-refractivity contribution >= 4 is 39.2 Å². The molecule has 1 atom stereocenters. The maximum absolute atomic E-state index is 16.1. The van der Waals surface area contributed by atoms with Gasteiger partial charge in [0.2, 0.25) is 0 Å². The third kappa shape index (κ3) is 3.82. The normalized spacial score (nSPS) is 14.7. The molecule has 0 radical (unpaired) electrons. The van der Waals surface area contributed by atoms with E-state index in [1.807, 2.05) is 6.07 Å². The standard InChI is InChI=1S/C27H23FN8OS/c1-13-5-6-19(38-13)17-7-8-30-25-22(17)33-26(34-25)23-20-21(28)18(12-31-24(20)36-35-23)15-9-16(11-29-10-15)32-27(37)14-3-2-4-14/h5-12,14,27,32,37H,2-4H2,1H3,(H,30,33,34)(H,31,35,36). The van der Waals surface area contributed by atoms with Crippen LogP contribution in [0.3, 0.4) is 0 Å². The van der Waals surface area contributed by atoms with Crippen LogP contribution >= 0.6 is 11.3 Å². The number of halogens is 1. The summed E-state index contributed by atoms with van der Waals surface area (Å²) in [6.07, 6.45) is 8.82. The van der Waals surface area contributed by atoms with Gasteiger partial charge >= 0.3 is 0 Å². The zero-order chi connectivity index (χ0) is 25.8. The summed E-state index contributed by atoms with van der Waals surface area (Å²) in [5.41, 5.74) is 4.35. The average Bonchev–Trinajstić information content (AvgIpc) is 3.61. The van der Waals surface area contributed by atoms with Gasteiger partial charge in [0, 0.05) is 51.0 Å². The highest BCUT2D eigenvalue weighted by molar-refractivity contribution is 7.15. The van der Waals surface area contributed by atoms with E-state index in [1.54, 1.807) is 36.0 Å². The van der Waals surface area contributed by atoms with E-state index in [4.69, 9.17) is 0 Å². The molecular formula is C27H23FN8OS. The molecule has 11 heteroatoms. The number of pyridine rings is 3. The van der Waals surface area contributed by atoms with Crippen LogP contribution in [0.15, 0.2) is 49.1 Å². The minimum atomic E-state index is -0.656. The van der Waals surface area contributed by atoms with Crippen LogP contribution in [0.2, 0.25) is 0 Å². The Labute approximate surface area is 220 Å². The fraction of sp³-hybridized carbons (Fsp3) is 0.222. The summed E-state index contributed by atoms with van der Waals surface area (Å²) in [6.45, 7) is 2.06. The Morgan fingerprint density at radius 2 is 2.00 bits per heavy atom. The summed E-state index contributed by atoms with van der Waals surface area (Å²) in [6, 6.07) is 7.85. The Kier molecular flexibility index (Phi) is 5.41. The second-order valence-corrected chi connectivity index (χ2v) is 10.9. The number of H-pyrrole nitrogens is 2. The number of aliphatic hydroxyl groups is 1. The molecule has 1 unspecified atom stereocenters. The molecule has 7 rings (SSSR count). The summed E-state index contributed by atoms with van der Waals surface area (Å²) < 4.78 is 16.1. The maximum atomic E-state index is 16.1. The van der Waals surface area contributed by atoms with Crippen molar-refractivity contribution in [2.24, 2.45) is 5.92 Å². The van der Waals surface area contributed by atoms with Crippen molar-refractivity contribution in [2.45, 2.75) is 32.4 Å². The number of fused-ring (bicyclic) bond motifs is 2. The van der Waals surface area contributed by atoms with Gasteiger partial charge in [-0.3, -0.25) is 10.1 Å². The molecule has 6 aromatic rings. The number of nitrogens with one attached hydrogen (secondary N) is 3. The van der Waals surface area contributed by atoms with Crippen LogP contribution in [-0.2, 0) is 0 Å². The SMILES string of the molecule is Cc1ccc(-c2ccnc3nc(-c4[nH]nc5ncc(-c6cncc(NC(O)C7CCC7)c6)c(F)c45)[nH]c23)s1. The van der Waals surface area contributed by atoms with Crippen LogP contribution in [-0.4, -0.2) is 46.5 Å². The first-order chi connectivity index (χ1) is 18.5. The Hall–Kier alpha value is -4.22. The van der Waals surface area contributed by atoms with E-state index in [-0.39, 0.29) is 22.5 Å². The molecule has 0 bridgehead atoms. The van der Waals surface area contributed by atoms with Gasteiger partial charge in [-0.1, -0.05) is 6.42 Å². The van der Waals surface area contributed by atoms with Crippen molar-refractivity contribution in [3.8, 4) is 33.1 Å². The number of imidazole rings is 1. The number of hydrogen-bond acceptors (Lipinski definition) is 8. The summed E-state index contributed by atoms with van der Waals surface area (Å²) >= 11 is 1.69. The van der Waals surface area contributed by atoms with Crippen LogP contribution < -0.4 is 5.32 Å². The van der Waals surface area contributed by atoms with Crippen LogP contribution in [0, 0.1) is 18.7 Å². The summed E-state index contributed by atoms with van der Waals surface area (Å²) in [5.74, 6) is 0.162. The third-order valence-corrected chi connectivity index (χ3v) is 8.15. The first kappa shape index (κ1) is 22.9. The summed E-state index contributed by atoms with van der Waals surface area (Å²) in [4.78, 5) is 23.3. The molecule has 1 aliphatic carbocycles. The molecule has 4 N–H and O–H groups in total. The lowest BCUT2D eigenvalue weighted by Crippen LogP contribution is -2.33. The van der Waals surface area contributed by atoms with Crippen molar-refractivity contribution in [1.29, 1.82) is 0 Å². The van der Waals surface area contributed by atoms with Crippen LogP contribution in [0.4, 0.5) is 10.1 Å². The molecule has 38 heavy (non-hydrogen) atoms. The molecular weight excluding hydrogens is 503 g/mol. The smallest absolute Gasteiger partial charge is 0.184 e. The van der Waals surface area contributed by atoms with Gasteiger partial charge in [0.1, 0.15) is 17.7 Å². The number of anilines is 1. The van der Waals surface area contributed by atoms with E-state index in [0.717, 1.165) is 35.2 Å². The van der Waals surface area contributed by atoms with E-state index in [9.17, 15) is 5.11 Å². The predicted molar refractivity (Wildman–Crippen MR) is 145 cm³/mol. The number of hydrogen-bond donors (Lipinski definition) is 4. The lowest BCUT2D eigenvalue weighted by atomic mass is 9.84. The van der Waals surface area contributed by atoms with E-state index in [0.29, 0.717) is 28.4 Å². The highest BCUT2D eigenvalue weighted by Gasteiger charge is 2.26. The van der Waals surface area contributed by atoms with Crippen molar-refractivity contribution in [3.05, 3.63) is 59.7 Å². The van der Waals surface area contributed by atoms with Gasteiger partial charge in [-0.25, -0.2) is 19.3 Å². The Bertz CT molecular complexity index is 1800. The van der Waals surface area contributed by atoms with Crippen LogP contribution in [0.25, 0.3) is 55.3 Å². The quantitative estimate of drug-likeness (QED) is 0.206. The fourth-order valence-corrected chi connectivity index (χ4v) is 5.75. The molecule has 0 spiro atoms. The van der Waals surface area contributed by atoms with Crippen LogP contribution in [0.1, 0.15) is 24.1 Å². The molecule has 190 valence electrons. The van der Waals surface area contributed by atoms with Gasteiger partial charge in [-0.15, -0.1) is 11.3 Å². The van der Waals surface area contributed by atoms with E-state index >= 15 is 4.39 Å². The monoisotopic (exact) mass is 526 g/mol. The van der Waals surface area contributed by atoms with Crippen molar-refractivity contribution < 1.29 is 9.50 Å². The van der Waals surface area contributed by atoms with Gasteiger partial charge in [0.25, 0.3) is 0 Å². The number of aromatic nitrogens is 7. The second-order valence-electron chi connectivity index (χ2n) is 9.58. The molecule has 0 saturated heterocycles. The molecule has 1 saturated carbocycles. The molecule has 0 aromatic carbocycles. The number of aryl methyl sites for hydroxylation is 1. The lowest BCUT2D eigenvalue weighted by Gasteiger charge is -2.31. The molecule has 0 aliphatic heterocycles. The molecule has 0 amide bonds. The predicted octanol–water partition coefficient (Wildman–Crippen LogP) is 5.66. The van der Waals surface area contributed by atoms with Crippen LogP contribution in [0.5, 0.6) is 0 Å². The Balaban J connectivity index is 1.29. The van der Waals surface area contributed by atoms with Gasteiger partial charge < -0.3 is 15.4 Å². The highest BCUT2D eigenvalue weighted by atomic mass is 32.1. The largest absolute Gasteiger partial charge is 0.374 e. The first-order valence-corrected chi connectivity index (χ1v) is 13.2. The second kappa shape index (κ2) is 8.96. The van der Waals surface area contributed by atoms with Crippen molar-refractivity contribution in [3.63, 3.8) is 0 Å². The van der Waals surface area contributed by atoms with Crippen molar-refractivity contribution in [1.82, 2.24) is 35.1 Å². The minimum Gasteiger partial charge on any atom is -0.374 e. The number of aliphatic hydroxyl groups excluding tert-OH is 1. The average molecular weight is 527 g/mol.